The number of rotatable bonds is 6. The van der Waals surface area contributed by atoms with Gasteiger partial charge in [0.15, 0.2) is 0 Å². The predicted molar refractivity (Wildman–Crippen MR) is 117 cm³/mol. The molecular weight excluding hydrogens is 420 g/mol. The molecule has 0 saturated heterocycles. The summed E-state index contributed by atoms with van der Waals surface area (Å²) < 4.78 is 7.48. The molecule has 2 aromatic heterocycles. The number of carbonyl (C=O) groups is 1. The predicted octanol–water partition coefficient (Wildman–Crippen LogP) is 5.06. The van der Waals surface area contributed by atoms with Crippen LogP contribution in [-0.4, -0.2) is 21.6 Å². The highest BCUT2D eigenvalue weighted by molar-refractivity contribution is 6.32. The first-order valence-electron chi connectivity index (χ1n) is 9.13. The molecule has 0 aliphatic heterocycles. The number of amides is 1. The van der Waals surface area contributed by atoms with Crippen LogP contribution < -0.4 is 5.43 Å². The van der Waals surface area contributed by atoms with Crippen LogP contribution in [0.1, 0.15) is 16.1 Å². The van der Waals surface area contributed by atoms with Crippen LogP contribution in [0.2, 0.25) is 5.02 Å². The Morgan fingerprint density at radius 3 is 2.65 bits per heavy atom. The normalized spacial score (nSPS) is 11.0. The summed E-state index contributed by atoms with van der Waals surface area (Å²) in [6, 6.07) is 18.6. The van der Waals surface area contributed by atoms with E-state index in [2.05, 4.69) is 10.5 Å². The van der Waals surface area contributed by atoms with Crippen LogP contribution >= 0.6 is 11.6 Å². The number of para-hydroxylation sites is 1. The van der Waals surface area contributed by atoms with Gasteiger partial charge in [-0.1, -0.05) is 23.7 Å². The second-order valence-corrected chi connectivity index (χ2v) is 6.84. The van der Waals surface area contributed by atoms with E-state index < -0.39 is 4.92 Å². The largest absolute Gasteiger partial charge is 0.455 e. The number of halogens is 1. The maximum Gasteiger partial charge on any atom is 0.288 e. The number of nitrogens with one attached hydrogen (secondary N) is 1. The van der Waals surface area contributed by atoms with E-state index in [1.807, 2.05) is 41.2 Å². The SMILES string of the molecule is O=C(N/N=C\c1ccc(-c2ccc(Cl)c([N+](=O)[O-])c2)o1)c1ccccc1-n1cccc1. The maximum atomic E-state index is 12.6. The molecule has 8 nitrogen and oxygen atoms in total. The Morgan fingerprint density at radius 1 is 1.10 bits per heavy atom. The molecule has 9 heteroatoms. The number of hydrogen-bond acceptors (Lipinski definition) is 5. The number of hydrogen-bond donors (Lipinski definition) is 1. The van der Waals surface area contributed by atoms with Crippen molar-refractivity contribution in [2.45, 2.75) is 0 Å². The van der Waals surface area contributed by atoms with Crippen LogP contribution in [0, 0.1) is 10.1 Å². The molecule has 0 bridgehead atoms. The van der Waals surface area contributed by atoms with E-state index in [0.29, 0.717) is 22.6 Å². The van der Waals surface area contributed by atoms with Gasteiger partial charge in [-0.05, 0) is 48.5 Å². The minimum absolute atomic E-state index is 0.0463. The smallest absolute Gasteiger partial charge is 0.288 e. The molecule has 0 aliphatic rings. The molecule has 1 amide bonds. The van der Waals surface area contributed by atoms with Crippen molar-refractivity contribution in [2.24, 2.45) is 5.10 Å². The molecule has 0 radical (unpaired) electrons. The van der Waals surface area contributed by atoms with E-state index in [1.165, 1.54) is 18.3 Å². The lowest BCUT2D eigenvalue weighted by atomic mass is 10.1. The third-order valence-electron chi connectivity index (χ3n) is 4.44. The summed E-state index contributed by atoms with van der Waals surface area (Å²) >= 11 is 5.84. The van der Waals surface area contributed by atoms with Gasteiger partial charge < -0.3 is 8.98 Å². The lowest BCUT2D eigenvalue weighted by molar-refractivity contribution is -0.384. The molecule has 154 valence electrons. The lowest BCUT2D eigenvalue weighted by Gasteiger charge is -2.08. The summed E-state index contributed by atoms with van der Waals surface area (Å²) in [6.07, 6.45) is 5.05. The van der Waals surface area contributed by atoms with Gasteiger partial charge in [-0.3, -0.25) is 14.9 Å². The molecule has 2 aromatic carbocycles. The fraction of sp³-hybridized carbons (Fsp3) is 0. The Morgan fingerprint density at radius 2 is 1.87 bits per heavy atom. The Bertz CT molecular complexity index is 1280. The van der Waals surface area contributed by atoms with E-state index in [-0.39, 0.29) is 16.6 Å². The average molecular weight is 435 g/mol. The monoisotopic (exact) mass is 434 g/mol. The second kappa shape index (κ2) is 8.68. The van der Waals surface area contributed by atoms with E-state index in [1.54, 1.807) is 30.3 Å². The third kappa shape index (κ3) is 4.39. The van der Waals surface area contributed by atoms with Crippen molar-refractivity contribution in [1.82, 2.24) is 9.99 Å². The van der Waals surface area contributed by atoms with Crippen molar-refractivity contribution in [1.29, 1.82) is 0 Å². The summed E-state index contributed by atoms with van der Waals surface area (Å²) in [6.45, 7) is 0. The molecule has 31 heavy (non-hydrogen) atoms. The quantitative estimate of drug-likeness (QED) is 0.260. The first kappa shape index (κ1) is 20.1. The Hall–Kier alpha value is -4.17. The molecule has 0 saturated carbocycles. The van der Waals surface area contributed by atoms with Gasteiger partial charge in [-0.2, -0.15) is 5.10 Å². The average Bonchev–Trinajstić information content (AvgIpc) is 3.46. The number of carbonyl (C=O) groups excluding carboxylic acids is 1. The van der Waals surface area contributed by atoms with Crippen molar-refractivity contribution in [3.8, 4) is 17.0 Å². The van der Waals surface area contributed by atoms with Crippen molar-refractivity contribution in [3.63, 3.8) is 0 Å². The van der Waals surface area contributed by atoms with Gasteiger partial charge in [0.1, 0.15) is 16.5 Å². The molecule has 0 fully saturated rings. The molecule has 4 rings (SSSR count). The number of furan rings is 1. The zero-order chi connectivity index (χ0) is 21.8. The maximum absolute atomic E-state index is 12.6. The number of nitrogens with zero attached hydrogens (tertiary/aromatic N) is 3. The van der Waals surface area contributed by atoms with E-state index in [0.717, 1.165) is 5.69 Å². The van der Waals surface area contributed by atoms with Crippen molar-refractivity contribution in [2.75, 3.05) is 0 Å². The third-order valence-corrected chi connectivity index (χ3v) is 4.76. The molecule has 0 aliphatic carbocycles. The number of nitro groups is 1. The summed E-state index contributed by atoms with van der Waals surface area (Å²) in [7, 11) is 0. The minimum Gasteiger partial charge on any atom is -0.455 e. The van der Waals surface area contributed by atoms with Gasteiger partial charge in [-0.15, -0.1) is 0 Å². The van der Waals surface area contributed by atoms with Crippen LogP contribution in [0.5, 0.6) is 0 Å². The molecule has 1 N–H and O–H groups in total. The van der Waals surface area contributed by atoms with Gasteiger partial charge in [0, 0.05) is 24.0 Å². The summed E-state index contributed by atoms with van der Waals surface area (Å²) in [5.41, 5.74) is 3.96. The van der Waals surface area contributed by atoms with E-state index >= 15 is 0 Å². The van der Waals surface area contributed by atoms with Gasteiger partial charge in [-0.25, -0.2) is 5.43 Å². The fourth-order valence-corrected chi connectivity index (χ4v) is 3.17. The fourth-order valence-electron chi connectivity index (χ4n) is 2.98. The highest BCUT2D eigenvalue weighted by Crippen LogP contribution is 2.31. The number of aromatic nitrogens is 1. The van der Waals surface area contributed by atoms with Crippen LogP contribution in [0.15, 0.2) is 88.6 Å². The van der Waals surface area contributed by atoms with Gasteiger partial charge in [0.2, 0.25) is 0 Å². The van der Waals surface area contributed by atoms with E-state index in [9.17, 15) is 14.9 Å². The van der Waals surface area contributed by atoms with Gasteiger partial charge >= 0.3 is 0 Å². The number of hydrazone groups is 1. The molecule has 2 heterocycles. The Kier molecular flexibility index (Phi) is 5.63. The Balaban J connectivity index is 1.48. The summed E-state index contributed by atoms with van der Waals surface area (Å²) in [5, 5.41) is 15.1. The van der Waals surface area contributed by atoms with Crippen LogP contribution in [-0.2, 0) is 0 Å². The molecule has 4 aromatic rings. The van der Waals surface area contributed by atoms with Crippen molar-refractivity contribution in [3.05, 3.63) is 106 Å². The minimum atomic E-state index is -0.557. The van der Waals surface area contributed by atoms with Crippen molar-refractivity contribution < 1.29 is 14.1 Å². The highest BCUT2D eigenvalue weighted by Gasteiger charge is 2.15. The Labute approximate surface area is 181 Å². The lowest BCUT2D eigenvalue weighted by Crippen LogP contribution is -2.19. The first-order valence-corrected chi connectivity index (χ1v) is 9.50. The molecule has 0 spiro atoms. The second-order valence-electron chi connectivity index (χ2n) is 6.43. The summed E-state index contributed by atoms with van der Waals surface area (Å²) in [4.78, 5) is 23.1. The van der Waals surface area contributed by atoms with Gasteiger partial charge in [0.25, 0.3) is 11.6 Å². The summed E-state index contributed by atoms with van der Waals surface area (Å²) in [5.74, 6) is 0.401. The van der Waals surface area contributed by atoms with Crippen LogP contribution in [0.3, 0.4) is 0 Å². The molecule has 0 atom stereocenters. The highest BCUT2D eigenvalue weighted by atomic mass is 35.5. The standard InChI is InChI=1S/C22H15ClN4O4/c23-18-9-7-15(13-20(18)27(29)30)21-10-8-16(31-21)14-24-25-22(28)17-5-1-2-6-19(17)26-11-3-4-12-26/h1-14H,(H,25,28)/b24-14-. The number of nitro benzene ring substituents is 1. The zero-order valence-electron chi connectivity index (χ0n) is 15.9. The molecule has 0 unspecified atom stereocenters. The van der Waals surface area contributed by atoms with Crippen LogP contribution in [0.4, 0.5) is 5.69 Å². The van der Waals surface area contributed by atoms with Crippen LogP contribution in [0.25, 0.3) is 17.0 Å². The number of benzene rings is 2. The topological polar surface area (TPSA) is 103 Å². The van der Waals surface area contributed by atoms with Crippen molar-refractivity contribution >= 4 is 29.4 Å². The first-order chi connectivity index (χ1) is 15.0. The van der Waals surface area contributed by atoms with Gasteiger partial charge in [0.05, 0.1) is 22.4 Å². The molecular formula is C22H15ClN4O4. The zero-order valence-corrected chi connectivity index (χ0v) is 16.7. The van der Waals surface area contributed by atoms with E-state index in [4.69, 9.17) is 16.0 Å².